The fourth-order valence-electron chi connectivity index (χ4n) is 1.39. The maximum absolute atomic E-state index is 11.1. The number of hydrogen-bond donors (Lipinski definition) is 1. The number of carboxylic acid groups (broad SMARTS) is 1. The predicted octanol–water partition coefficient (Wildman–Crippen LogP) is 3.49. The lowest BCUT2D eigenvalue weighted by atomic mass is 10.5. The maximum atomic E-state index is 11.1. The molecule has 1 rings (SSSR count). The van der Waals surface area contributed by atoms with Crippen LogP contribution in [0.3, 0.4) is 0 Å². The normalized spacial score (nSPS) is 11.2. The van der Waals surface area contributed by atoms with E-state index in [4.69, 9.17) is 27.0 Å². The van der Waals surface area contributed by atoms with Crippen molar-refractivity contribution >= 4 is 31.6 Å². The van der Waals surface area contributed by atoms with Gasteiger partial charge in [-0.3, -0.25) is 4.57 Å². The molecule has 0 bridgehead atoms. The molecule has 10 heteroatoms. The Morgan fingerprint density at radius 2 is 2.25 bits per heavy atom. The Labute approximate surface area is 122 Å². The van der Waals surface area contributed by atoms with Gasteiger partial charge in [-0.05, 0) is 16.7 Å². The zero-order chi connectivity index (χ0) is 15.3. The van der Waals surface area contributed by atoms with E-state index >= 15 is 0 Å². The van der Waals surface area contributed by atoms with E-state index in [9.17, 15) is 4.79 Å². The Hall–Kier alpha value is -1.54. The van der Waals surface area contributed by atoms with Gasteiger partial charge < -0.3 is 9.84 Å². The summed E-state index contributed by atoms with van der Waals surface area (Å²) in [5, 5.41) is 12.2. The van der Waals surface area contributed by atoms with E-state index in [0.717, 1.165) is 10.6 Å². The van der Waals surface area contributed by atoms with Gasteiger partial charge in [-0.15, -0.1) is 0 Å². The standard InChI is InChI=1S/C10H16ClN5O3Si/c1-20(2,3)5-4-19-6-16-7(9(17)18)8(11)13-10(16)14-15-12/h4-6H2,1-3H3,(H,17,18). The van der Waals surface area contributed by atoms with Crippen LogP contribution >= 0.6 is 11.6 Å². The quantitative estimate of drug-likeness (QED) is 0.272. The third-order valence-electron chi connectivity index (χ3n) is 2.46. The number of hydrogen-bond acceptors (Lipinski definition) is 4. The van der Waals surface area contributed by atoms with Crippen LogP contribution in [0.15, 0.2) is 5.11 Å². The summed E-state index contributed by atoms with van der Waals surface area (Å²) in [6, 6.07) is 0.939. The summed E-state index contributed by atoms with van der Waals surface area (Å²) in [6.07, 6.45) is 0. The van der Waals surface area contributed by atoms with Gasteiger partial charge in [-0.2, -0.15) is 0 Å². The number of carboxylic acids is 1. The first-order chi connectivity index (χ1) is 9.26. The first-order valence-electron chi connectivity index (χ1n) is 5.88. The van der Waals surface area contributed by atoms with Gasteiger partial charge in [0.15, 0.2) is 10.8 Å². The second-order valence-electron chi connectivity index (χ2n) is 5.32. The molecule has 0 atom stereocenters. The Balaban J connectivity index is 2.86. The zero-order valence-corrected chi connectivity index (χ0v) is 13.3. The predicted molar refractivity (Wildman–Crippen MR) is 77.1 cm³/mol. The summed E-state index contributed by atoms with van der Waals surface area (Å²) in [5.74, 6) is -1.38. The second-order valence-corrected chi connectivity index (χ2v) is 11.3. The van der Waals surface area contributed by atoms with Gasteiger partial charge in [-0.1, -0.05) is 31.2 Å². The van der Waals surface area contributed by atoms with Crippen LogP contribution in [-0.2, 0) is 11.5 Å². The van der Waals surface area contributed by atoms with Gasteiger partial charge in [0.25, 0.3) is 0 Å². The highest BCUT2D eigenvalue weighted by molar-refractivity contribution is 6.76. The van der Waals surface area contributed by atoms with Crippen LogP contribution < -0.4 is 0 Å². The van der Waals surface area contributed by atoms with Crippen molar-refractivity contribution in [1.29, 1.82) is 0 Å². The lowest BCUT2D eigenvalue weighted by molar-refractivity contribution is 0.0626. The number of halogens is 1. The topological polar surface area (TPSA) is 113 Å². The summed E-state index contributed by atoms with van der Waals surface area (Å²) in [4.78, 5) is 17.4. The van der Waals surface area contributed by atoms with E-state index in [1.54, 1.807) is 0 Å². The van der Waals surface area contributed by atoms with Gasteiger partial charge in [0.05, 0.1) is 0 Å². The Kier molecular flexibility index (Phi) is 5.58. The van der Waals surface area contributed by atoms with Crippen LogP contribution in [0.5, 0.6) is 0 Å². The Morgan fingerprint density at radius 3 is 2.75 bits per heavy atom. The van der Waals surface area contributed by atoms with Crippen LogP contribution in [0, 0.1) is 0 Å². The highest BCUT2D eigenvalue weighted by atomic mass is 35.5. The molecule has 1 aromatic heterocycles. The van der Waals surface area contributed by atoms with Crippen molar-refractivity contribution in [2.45, 2.75) is 32.4 Å². The number of aromatic carboxylic acids is 1. The SMILES string of the molecule is C[Si](C)(C)CCOCn1c(N=[N+]=[N-])nc(Cl)c1C(=O)O. The number of carbonyl (C=O) groups is 1. The average Bonchev–Trinajstić information content (AvgIpc) is 2.60. The summed E-state index contributed by atoms with van der Waals surface area (Å²) in [5.41, 5.74) is 8.19. The highest BCUT2D eigenvalue weighted by Crippen LogP contribution is 2.23. The number of azide groups is 1. The molecule has 0 aliphatic carbocycles. The number of nitrogens with zero attached hydrogens (tertiary/aromatic N) is 5. The van der Waals surface area contributed by atoms with Crippen molar-refractivity contribution in [2.75, 3.05) is 6.61 Å². The lowest BCUT2D eigenvalue weighted by Crippen LogP contribution is -2.22. The molecule has 110 valence electrons. The molecule has 0 aliphatic rings. The molecule has 0 amide bonds. The zero-order valence-electron chi connectivity index (χ0n) is 11.5. The van der Waals surface area contributed by atoms with Crippen LogP contribution in [0.4, 0.5) is 5.95 Å². The number of ether oxygens (including phenoxy) is 1. The molecule has 0 unspecified atom stereocenters. The minimum Gasteiger partial charge on any atom is -0.476 e. The summed E-state index contributed by atoms with van der Waals surface area (Å²) < 4.78 is 6.59. The van der Waals surface area contributed by atoms with E-state index in [-0.39, 0.29) is 23.5 Å². The van der Waals surface area contributed by atoms with Gasteiger partial charge >= 0.3 is 5.97 Å². The molecule has 1 aromatic rings. The molecule has 8 nitrogen and oxygen atoms in total. The fourth-order valence-corrected chi connectivity index (χ4v) is 2.40. The van der Waals surface area contributed by atoms with Gasteiger partial charge in [0.1, 0.15) is 6.73 Å². The molecule has 1 heterocycles. The Bertz CT molecular complexity index is 548. The number of imidazole rings is 1. The monoisotopic (exact) mass is 317 g/mol. The molecule has 0 spiro atoms. The molecular formula is C10H16ClN5O3Si. The van der Waals surface area contributed by atoms with Crippen molar-refractivity contribution < 1.29 is 14.6 Å². The average molecular weight is 318 g/mol. The van der Waals surface area contributed by atoms with Crippen LogP contribution in [0.2, 0.25) is 30.8 Å². The summed E-state index contributed by atoms with van der Waals surface area (Å²) in [6.45, 7) is 7.05. The number of aromatic nitrogens is 2. The van der Waals surface area contributed by atoms with E-state index in [1.807, 2.05) is 0 Å². The molecule has 0 fully saturated rings. The third-order valence-corrected chi connectivity index (χ3v) is 4.43. The smallest absolute Gasteiger partial charge is 0.355 e. The van der Waals surface area contributed by atoms with Crippen molar-refractivity contribution in [3.8, 4) is 0 Å². The van der Waals surface area contributed by atoms with Crippen LogP contribution in [0.25, 0.3) is 10.4 Å². The van der Waals surface area contributed by atoms with E-state index in [2.05, 4.69) is 34.7 Å². The summed E-state index contributed by atoms with van der Waals surface area (Å²) >= 11 is 5.72. The van der Waals surface area contributed by atoms with Crippen molar-refractivity contribution in [1.82, 2.24) is 9.55 Å². The second kappa shape index (κ2) is 6.75. The van der Waals surface area contributed by atoms with E-state index in [1.165, 1.54) is 0 Å². The van der Waals surface area contributed by atoms with Crippen molar-refractivity contribution in [3.05, 3.63) is 21.3 Å². The molecule has 20 heavy (non-hydrogen) atoms. The molecule has 1 N–H and O–H groups in total. The molecular weight excluding hydrogens is 302 g/mol. The molecule has 0 radical (unpaired) electrons. The molecule has 0 aromatic carbocycles. The Morgan fingerprint density at radius 1 is 1.60 bits per heavy atom. The van der Waals surface area contributed by atoms with E-state index in [0.29, 0.717) is 6.61 Å². The summed E-state index contributed by atoms with van der Waals surface area (Å²) in [7, 11) is -1.23. The lowest BCUT2D eigenvalue weighted by Gasteiger charge is -2.16. The minimum atomic E-state index is -1.25. The molecule has 0 aliphatic heterocycles. The molecule has 0 saturated heterocycles. The van der Waals surface area contributed by atoms with Crippen LogP contribution in [0.1, 0.15) is 10.5 Å². The van der Waals surface area contributed by atoms with Gasteiger partial charge in [0.2, 0.25) is 5.95 Å². The largest absolute Gasteiger partial charge is 0.476 e. The van der Waals surface area contributed by atoms with E-state index < -0.39 is 14.0 Å². The minimum absolute atomic E-state index is 0.0693. The highest BCUT2D eigenvalue weighted by Gasteiger charge is 2.21. The van der Waals surface area contributed by atoms with Gasteiger partial charge in [0, 0.05) is 19.6 Å². The van der Waals surface area contributed by atoms with Crippen molar-refractivity contribution in [3.63, 3.8) is 0 Å². The van der Waals surface area contributed by atoms with Crippen molar-refractivity contribution in [2.24, 2.45) is 5.11 Å². The third kappa shape index (κ3) is 4.53. The molecule has 0 saturated carbocycles. The first-order valence-corrected chi connectivity index (χ1v) is 9.97. The van der Waals surface area contributed by atoms with Gasteiger partial charge in [-0.25, -0.2) is 9.78 Å². The number of rotatable bonds is 7. The first kappa shape index (κ1) is 16.5. The van der Waals surface area contributed by atoms with Crippen LogP contribution in [-0.4, -0.2) is 35.3 Å². The maximum Gasteiger partial charge on any atom is 0.355 e. The fraction of sp³-hybridized carbons (Fsp3) is 0.600.